The van der Waals surface area contributed by atoms with E-state index in [0.717, 1.165) is 12.1 Å². The van der Waals surface area contributed by atoms with E-state index < -0.39 is 17.6 Å². The van der Waals surface area contributed by atoms with Crippen molar-refractivity contribution in [2.24, 2.45) is 0 Å². The molecule has 2 aromatic rings. The minimum atomic E-state index is -1.22. The normalized spacial score (nSPS) is 10.3. The first kappa shape index (κ1) is 12.0. The molecule has 0 aliphatic rings. The van der Waals surface area contributed by atoms with Crippen LogP contribution in [0.1, 0.15) is 10.4 Å². The van der Waals surface area contributed by atoms with Gasteiger partial charge in [-0.15, -0.1) is 0 Å². The molecule has 0 saturated heterocycles. The SMILES string of the molecule is Nc1nc(-c2ccc(F)cc2F)ccc1C(=O)O. The predicted octanol–water partition coefficient (Wildman–Crippen LogP) is 2.31. The van der Waals surface area contributed by atoms with Gasteiger partial charge in [0.05, 0.1) is 5.69 Å². The van der Waals surface area contributed by atoms with Crippen LogP contribution in [0.4, 0.5) is 14.6 Å². The van der Waals surface area contributed by atoms with E-state index in [1.165, 1.54) is 18.2 Å². The predicted molar refractivity (Wildman–Crippen MR) is 61.0 cm³/mol. The highest BCUT2D eigenvalue weighted by atomic mass is 19.1. The number of halogens is 2. The van der Waals surface area contributed by atoms with Crippen molar-refractivity contribution < 1.29 is 18.7 Å². The van der Waals surface area contributed by atoms with E-state index >= 15 is 0 Å². The Kier molecular flexibility index (Phi) is 2.93. The van der Waals surface area contributed by atoms with E-state index in [9.17, 15) is 13.6 Å². The van der Waals surface area contributed by atoms with Crippen molar-refractivity contribution in [3.8, 4) is 11.3 Å². The van der Waals surface area contributed by atoms with E-state index in [4.69, 9.17) is 10.8 Å². The van der Waals surface area contributed by atoms with E-state index in [1.807, 2.05) is 0 Å². The Bertz CT molecular complexity index is 629. The average Bonchev–Trinajstić information content (AvgIpc) is 2.28. The molecule has 92 valence electrons. The van der Waals surface area contributed by atoms with Gasteiger partial charge in [-0.05, 0) is 24.3 Å². The lowest BCUT2D eigenvalue weighted by Crippen LogP contribution is -2.05. The van der Waals surface area contributed by atoms with Crippen molar-refractivity contribution in [1.29, 1.82) is 0 Å². The van der Waals surface area contributed by atoms with Crippen LogP contribution in [0.3, 0.4) is 0 Å². The summed E-state index contributed by atoms with van der Waals surface area (Å²) in [5, 5.41) is 8.77. The zero-order chi connectivity index (χ0) is 13.3. The van der Waals surface area contributed by atoms with Crippen LogP contribution < -0.4 is 5.73 Å². The molecule has 1 heterocycles. The van der Waals surface area contributed by atoms with Gasteiger partial charge >= 0.3 is 5.97 Å². The molecule has 0 spiro atoms. The first-order valence-electron chi connectivity index (χ1n) is 4.94. The minimum Gasteiger partial charge on any atom is -0.478 e. The van der Waals surface area contributed by atoms with Gasteiger partial charge in [-0.1, -0.05) is 0 Å². The molecule has 0 amide bonds. The van der Waals surface area contributed by atoms with Gasteiger partial charge in [0, 0.05) is 11.6 Å². The van der Waals surface area contributed by atoms with Crippen LogP contribution in [0, 0.1) is 11.6 Å². The summed E-state index contributed by atoms with van der Waals surface area (Å²) >= 11 is 0. The van der Waals surface area contributed by atoms with Crippen molar-refractivity contribution in [2.45, 2.75) is 0 Å². The number of rotatable bonds is 2. The van der Waals surface area contributed by atoms with Crippen LogP contribution in [-0.4, -0.2) is 16.1 Å². The van der Waals surface area contributed by atoms with Crippen molar-refractivity contribution in [2.75, 3.05) is 5.73 Å². The number of benzene rings is 1. The third-order valence-corrected chi connectivity index (χ3v) is 2.36. The summed E-state index contributed by atoms with van der Waals surface area (Å²) in [5.41, 5.74) is 5.49. The molecule has 2 rings (SSSR count). The van der Waals surface area contributed by atoms with Crippen LogP contribution in [-0.2, 0) is 0 Å². The van der Waals surface area contributed by atoms with Crippen molar-refractivity contribution in [3.63, 3.8) is 0 Å². The fourth-order valence-corrected chi connectivity index (χ4v) is 1.50. The fraction of sp³-hybridized carbons (Fsp3) is 0. The molecule has 0 aliphatic heterocycles. The number of hydrogen-bond acceptors (Lipinski definition) is 3. The number of anilines is 1. The highest BCUT2D eigenvalue weighted by Gasteiger charge is 2.13. The maximum absolute atomic E-state index is 13.5. The Morgan fingerprint density at radius 2 is 1.94 bits per heavy atom. The van der Waals surface area contributed by atoms with E-state index in [1.54, 1.807) is 0 Å². The van der Waals surface area contributed by atoms with Gasteiger partial charge in [-0.3, -0.25) is 0 Å². The second-order valence-corrected chi connectivity index (χ2v) is 3.56. The molecule has 0 unspecified atom stereocenters. The average molecular weight is 250 g/mol. The Morgan fingerprint density at radius 1 is 1.22 bits per heavy atom. The highest BCUT2D eigenvalue weighted by molar-refractivity contribution is 5.93. The molecule has 0 fully saturated rings. The number of carboxylic acid groups (broad SMARTS) is 1. The van der Waals surface area contributed by atoms with Gasteiger partial charge < -0.3 is 10.8 Å². The molecule has 1 aromatic carbocycles. The number of carbonyl (C=O) groups is 1. The maximum atomic E-state index is 13.5. The van der Waals surface area contributed by atoms with Crippen molar-refractivity contribution in [3.05, 3.63) is 47.5 Å². The van der Waals surface area contributed by atoms with Crippen LogP contribution in [0.15, 0.2) is 30.3 Å². The number of carboxylic acids is 1. The summed E-state index contributed by atoms with van der Waals surface area (Å²) in [6.45, 7) is 0. The van der Waals surface area contributed by atoms with Crippen LogP contribution >= 0.6 is 0 Å². The molecule has 4 nitrogen and oxygen atoms in total. The molecule has 3 N–H and O–H groups in total. The Morgan fingerprint density at radius 3 is 2.50 bits per heavy atom. The summed E-state index contributed by atoms with van der Waals surface area (Å²) in [6.07, 6.45) is 0. The molecule has 18 heavy (non-hydrogen) atoms. The Balaban J connectivity index is 2.52. The quantitative estimate of drug-likeness (QED) is 0.857. The van der Waals surface area contributed by atoms with Gasteiger partial charge in [-0.2, -0.15) is 0 Å². The van der Waals surface area contributed by atoms with Gasteiger partial charge in [0.1, 0.15) is 23.0 Å². The smallest absolute Gasteiger partial charge is 0.339 e. The lowest BCUT2D eigenvalue weighted by molar-refractivity contribution is 0.0697. The number of nitrogens with zero attached hydrogens (tertiary/aromatic N) is 1. The van der Waals surface area contributed by atoms with Gasteiger partial charge in [-0.25, -0.2) is 18.6 Å². The molecular weight excluding hydrogens is 242 g/mol. The zero-order valence-corrected chi connectivity index (χ0v) is 9.02. The third-order valence-electron chi connectivity index (χ3n) is 2.36. The van der Waals surface area contributed by atoms with Gasteiger partial charge in [0.2, 0.25) is 0 Å². The van der Waals surface area contributed by atoms with E-state index in [-0.39, 0.29) is 22.6 Å². The second kappa shape index (κ2) is 4.40. The van der Waals surface area contributed by atoms with Gasteiger partial charge in [0.15, 0.2) is 0 Å². The number of hydrogen-bond donors (Lipinski definition) is 2. The molecular formula is C12H8F2N2O2. The zero-order valence-electron chi connectivity index (χ0n) is 9.02. The fourth-order valence-electron chi connectivity index (χ4n) is 1.50. The lowest BCUT2D eigenvalue weighted by atomic mass is 10.1. The Labute approximate surface area is 101 Å². The molecule has 1 aromatic heterocycles. The number of nitrogens with two attached hydrogens (primary N) is 1. The van der Waals surface area contributed by atoms with Gasteiger partial charge in [0.25, 0.3) is 0 Å². The number of aromatic carboxylic acids is 1. The first-order chi connectivity index (χ1) is 8.49. The van der Waals surface area contributed by atoms with Crippen molar-refractivity contribution in [1.82, 2.24) is 4.98 Å². The summed E-state index contributed by atoms with van der Waals surface area (Å²) in [6, 6.07) is 5.56. The van der Waals surface area contributed by atoms with E-state index in [0.29, 0.717) is 0 Å². The second-order valence-electron chi connectivity index (χ2n) is 3.56. The molecule has 6 heteroatoms. The summed E-state index contributed by atoms with van der Waals surface area (Å²) in [7, 11) is 0. The maximum Gasteiger partial charge on any atom is 0.339 e. The minimum absolute atomic E-state index is 0.0556. The largest absolute Gasteiger partial charge is 0.478 e. The summed E-state index contributed by atoms with van der Waals surface area (Å²) in [4.78, 5) is 14.5. The Hall–Kier alpha value is -2.50. The van der Waals surface area contributed by atoms with Crippen LogP contribution in [0.25, 0.3) is 11.3 Å². The molecule has 0 radical (unpaired) electrons. The third kappa shape index (κ3) is 2.13. The number of aromatic nitrogens is 1. The topological polar surface area (TPSA) is 76.2 Å². The monoisotopic (exact) mass is 250 g/mol. The van der Waals surface area contributed by atoms with Crippen LogP contribution in [0.2, 0.25) is 0 Å². The lowest BCUT2D eigenvalue weighted by Gasteiger charge is -2.05. The number of nitrogen functional groups attached to an aromatic ring is 1. The molecule has 0 atom stereocenters. The molecule has 0 bridgehead atoms. The molecule has 0 saturated carbocycles. The number of pyridine rings is 1. The first-order valence-corrected chi connectivity index (χ1v) is 4.94. The van der Waals surface area contributed by atoms with Crippen molar-refractivity contribution >= 4 is 11.8 Å². The van der Waals surface area contributed by atoms with Crippen LogP contribution in [0.5, 0.6) is 0 Å². The molecule has 0 aliphatic carbocycles. The summed E-state index contributed by atoms with van der Waals surface area (Å²) in [5.74, 6) is -2.92. The van der Waals surface area contributed by atoms with E-state index in [2.05, 4.69) is 4.98 Å². The summed E-state index contributed by atoms with van der Waals surface area (Å²) < 4.78 is 26.2. The standard InChI is InChI=1S/C12H8F2N2O2/c13-6-1-2-7(9(14)5-6)10-4-3-8(12(17)18)11(15)16-10/h1-5H,(H2,15,16)(H,17,18). The highest BCUT2D eigenvalue weighted by Crippen LogP contribution is 2.23.